The number of unbranched alkanes of at least 4 members (excludes halogenated alkanes) is 1. The lowest BCUT2D eigenvalue weighted by atomic mass is 10.2. The smallest absolute Gasteiger partial charge is 0.0206 e. The van der Waals surface area contributed by atoms with Gasteiger partial charge in [-0.1, -0.05) is 19.4 Å². The van der Waals surface area contributed by atoms with Crippen molar-refractivity contribution in [2.24, 2.45) is 0 Å². The third kappa shape index (κ3) is 1.76. The van der Waals surface area contributed by atoms with E-state index in [-0.39, 0.29) is 0 Å². The lowest BCUT2D eigenvalue weighted by Gasteiger charge is -2.15. The van der Waals surface area contributed by atoms with Crippen LogP contribution in [0.1, 0.15) is 32.6 Å². The Bertz CT molecular complexity index is 127. The summed E-state index contributed by atoms with van der Waals surface area (Å²) in [6.45, 7) is 3.48. The van der Waals surface area contributed by atoms with Crippen molar-refractivity contribution in [2.75, 3.05) is 13.6 Å². The predicted octanol–water partition coefficient (Wildman–Crippen LogP) is 2.40. The fourth-order valence-corrected chi connectivity index (χ4v) is 1.38. The molecule has 0 atom stereocenters. The SMILES string of the molecule is CCCCC1=CCCN1C. The molecule has 0 fully saturated rings. The molecule has 0 aromatic heterocycles. The van der Waals surface area contributed by atoms with Crippen molar-refractivity contribution in [3.05, 3.63) is 11.8 Å². The van der Waals surface area contributed by atoms with Gasteiger partial charge in [0.25, 0.3) is 0 Å². The second-order valence-corrected chi connectivity index (χ2v) is 3.01. The third-order valence-corrected chi connectivity index (χ3v) is 2.12. The van der Waals surface area contributed by atoms with Gasteiger partial charge >= 0.3 is 0 Å². The molecule has 1 nitrogen and oxygen atoms in total. The maximum absolute atomic E-state index is 2.37. The van der Waals surface area contributed by atoms with E-state index in [1.54, 1.807) is 5.70 Å². The summed E-state index contributed by atoms with van der Waals surface area (Å²) < 4.78 is 0. The van der Waals surface area contributed by atoms with Crippen molar-refractivity contribution < 1.29 is 0 Å². The van der Waals surface area contributed by atoms with Crippen molar-refractivity contribution >= 4 is 0 Å². The summed E-state index contributed by atoms with van der Waals surface area (Å²) >= 11 is 0. The van der Waals surface area contributed by atoms with Crippen molar-refractivity contribution in [3.63, 3.8) is 0 Å². The van der Waals surface area contributed by atoms with Crippen molar-refractivity contribution in [1.29, 1.82) is 0 Å². The zero-order chi connectivity index (χ0) is 7.40. The average Bonchev–Trinajstić information content (AvgIpc) is 2.31. The molecule has 0 radical (unpaired) electrons. The highest BCUT2D eigenvalue weighted by Gasteiger charge is 2.08. The largest absolute Gasteiger partial charge is 0.378 e. The number of hydrogen-bond acceptors (Lipinski definition) is 1. The molecule has 1 heteroatoms. The highest BCUT2D eigenvalue weighted by Crippen LogP contribution is 2.17. The van der Waals surface area contributed by atoms with Crippen LogP contribution in [-0.2, 0) is 0 Å². The number of hydrogen-bond donors (Lipinski definition) is 0. The Morgan fingerprint density at radius 1 is 1.60 bits per heavy atom. The molecule has 10 heavy (non-hydrogen) atoms. The maximum atomic E-state index is 2.37. The molecule has 1 aliphatic heterocycles. The molecular weight excluding hydrogens is 122 g/mol. The standard InChI is InChI=1S/C9H17N/c1-3-4-6-9-7-5-8-10(9)2/h7H,3-6,8H2,1-2H3. The third-order valence-electron chi connectivity index (χ3n) is 2.12. The summed E-state index contributed by atoms with van der Waals surface area (Å²) in [6.07, 6.45) is 7.57. The van der Waals surface area contributed by atoms with Gasteiger partial charge in [0.1, 0.15) is 0 Å². The van der Waals surface area contributed by atoms with E-state index in [0.29, 0.717) is 0 Å². The van der Waals surface area contributed by atoms with Gasteiger partial charge < -0.3 is 4.90 Å². The zero-order valence-corrected chi connectivity index (χ0v) is 7.06. The molecule has 0 bridgehead atoms. The first kappa shape index (κ1) is 7.64. The summed E-state index contributed by atoms with van der Waals surface area (Å²) in [6, 6.07) is 0. The van der Waals surface area contributed by atoms with Gasteiger partial charge in [0, 0.05) is 19.3 Å². The first-order valence-corrected chi connectivity index (χ1v) is 4.24. The lowest BCUT2D eigenvalue weighted by Crippen LogP contribution is -2.12. The van der Waals surface area contributed by atoms with Crippen LogP contribution in [0.15, 0.2) is 11.8 Å². The number of nitrogens with zero attached hydrogens (tertiary/aromatic N) is 1. The molecule has 0 aromatic carbocycles. The fourth-order valence-electron chi connectivity index (χ4n) is 1.38. The van der Waals surface area contributed by atoms with E-state index >= 15 is 0 Å². The van der Waals surface area contributed by atoms with Gasteiger partial charge in [-0.3, -0.25) is 0 Å². The van der Waals surface area contributed by atoms with Crippen LogP contribution in [0.25, 0.3) is 0 Å². The summed E-state index contributed by atoms with van der Waals surface area (Å²) in [4.78, 5) is 2.37. The zero-order valence-electron chi connectivity index (χ0n) is 7.06. The molecule has 1 rings (SSSR count). The lowest BCUT2D eigenvalue weighted by molar-refractivity contribution is 0.436. The minimum Gasteiger partial charge on any atom is -0.378 e. The Balaban J connectivity index is 2.26. The fraction of sp³-hybridized carbons (Fsp3) is 0.778. The molecule has 58 valence electrons. The number of allylic oxidation sites excluding steroid dienone is 1. The molecule has 1 aliphatic rings. The van der Waals surface area contributed by atoms with Gasteiger partial charge in [0.15, 0.2) is 0 Å². The minimum absolute atomic E-state index is 1.24. The van der Waals surface area contributed by atoms with E-state index in [2.05, 4.69) is 24.9 Å². The van der Waals surface area contributed by atoms with Gasteiger partial charge in [-0.2, -0.15) is 0 Å². The molecule has 0 unspecified atom stereocenters. The number of rotatable bonds is 3. The highest BCUT2D eigenvalue weighted by atomic mass is 15.1. The Labute approximate surface area is 63.7 Å². The Hall–Kier alpha value is -0.460. The monoisotopic (exact) mass is 139 g/mol. The molecular formula is C9H17N. The van der Waals surface area contributed by atoms with Crippen LogP contribution in [0, 0.1) is 0 Å². The first-order chi connectivity index (χ1) is 4.84. The van der Waals surface area contributed by atoms with Crippen molar-refractivity contribution in [1.82, 2.24) is 4.90 Å². The molecule has 0 aliphatic carbocycles. The van der Waals surface area contributed by atoms with Crippen LogP contribution in [-0.4, -0.2) is 18.5 Å². The van der Waals surface area contributed by atoms with E-state index in [0.717, 1.165) is 0 Å². The topological polar surface area (TPSA) is 3.24 Å². The summed E-state index contributed by atoms with van der Waals surface area (Å²) in [5.41, 5.74) is 1.56. The summed E-state index contributed by atoms with van der Waals surface area (Å²) in [5.74, 6) is 0. The second kappa shape index (κ2) is 3.65. The average molecular weight is 139 g/mol. The van der Waals surface area contributed by atoms with Crippen LogP contribution in [0.4, 0.5) is 0 Å². The Morgan fingerprint density at radius 3 is 2.90 bits per heavy atom. The summed E-state index contributed by atoms with van der Waals surface area (Å²) in [5, 5.41) is 0. The van der Waals surface area contributed by atoms with Crippen molar-refractivity contribution in [3.8, 4) is 0 Å². The van der Waals surface area contributed by atoms with Crippen LogP contribution in [0.2, 0.25) is 0 Å². The van der Waals surface area contributed by atoms with E-state index in [1.807, 2.05) is 0 Å². The predicted molar refractivity (Wildman–Crippen MR) is 44.9 cm³/mol. The van der Waals surface area contributed by atoms with Gasteiger partial charge in [-0.25, -0.2) is 0 Å². The highest BCUT2D eigenvalue weighted by molar-refractivity contribution is 5.05. The second-order valence-electron chi connectivity index (χ2n) is 3.01. The van der Waals surface area contributed by atoms with Crippen molar-refractivity contribution in [2.45, 2.75) is 32.6 Å². The maximum Gasteiger partial charge on any atom is 0.0206 e. The van der Waals surface area contributed by atoms with E-state index in [1.165, 1.54) is 32.2 Å². The van der Waals surface area contributed by atoms with Crippen LogP contribution in [0.3, 0.4) is 0 Å². The quantitative estimate of drug-likeness (QED) is 0.580. The van der Waals surface area contributed by atoms with Crippen LogP contribution >= 0.6 is 0 Å². The minimum atomic E-state index is 1.24. The normalized spacial score (nSPS) is 17.8. The molecule has 0 N–H and O–H groups in total. The molecule has 0 aromatic rings. The van der Waals surface area contributed by atoms with Crippen LogP contribution < -0.4 is 0 Å². The summed E-state index contributed by atoms with van der Waals surface area (Å²) in [7, 11) is 2.19. The molecule has 0 saturated carbocycles. The Morgan fingerprint density at radius 2 is 2.40 bits per heavy atom. The Kier molecular flexibility index (Phi) is 2.79. The first-order valence-electron chi connectivity index (χ1n) is 4.24. The van der Waals surface area contributed by atoms with E-state index in [4.69, 9.17) is 0 Å². The molecule has 0 spiro atoms. The van der Waals surface area contributed by atoms with Gasteiger partial charge in [-0.05, 0) is 19.3 Å². The van der Waals surface area contributed by atoms with Gasteiger partial charge in [0.05, 0.1) is 0 Å². The van der Waals surface area contributed by atoms with Gasteiger partial charge in [0.2, 0.25) is 0 Å². The van der Waals surface area contributed by atoms with Crippen LogP contribution in [0.5, 0.6) is 0 Å². The molecule has 0 saturated heterocycles. The van der Waals surface area contributed by atoms with E-state index in [9.17, 15) is 0 Å². The van der Waals surface area contributed by atoms with E-state index < -0.39 is 0 Å². The van der Waals surface area contributed by atoms with Gasteiger partial charge in [-0.15, -0.1) is 0 Å². The molecule has 0 amide bonds. The molecule has 1 heterocycles.